The fourth-order valence-electron chi connectivity index (χ4n) is 3.02. The van der Waals surface area contributed by atoms with E-state index in [1.54, 1.807) is 0 Å². The number of carbonyl (C=O) groups excluding carboxylic acids is 1. The summed E-state index contributed by atoms with van der Waals surface area (Å²) in [6.07, 6.45) is 21.2. The number of nitrogens with two attached hydrogens (primary N) is 1. The molecule has 1 aliphatic rings. The summed E-state index contributed by atoms with van der Waals surface area (Å²) in [5, 5.41) is 0.790. The number of rotatable bonds is 8. The number of ether oxygens (including phenoxy) is 1. The van der Waals surface area contributed by atoms with Crippen LogP contribution in [-0.4, -0.2) is 25.5 Å². The van der Waals surface area contributed by atoms with Gasteiger partial charge in [0.05, 0.1) is 0 Å². The molecule has 0 saturated heterocycles. The van der Waals surface area contributed by atoms with Crippen LogP contribution in [0.25, 0.3) is 5.57 Å². The average molecular weight is 509 g/mol. The van der Waals surface area contributed by atoms with Gasteiger partial charge in [-0.05, 0) is 74.8 Å². The molecule has 2 N–H and O–H groups in total. The number of hydrogen-bond donors (Lipinski definition) is 1. The summed E-state index contributed by atoms with van der Waals surface area (Å²) in [7, 11) is 0. The van der Waals surface area contributed by atoms with Crippen molar-refractivity contribution in [3.8, 4) is 0 Å². The second-order valence-corrected chi connectivity index (χ2v) is 7.85. The number of benzene rings is 1. The van der Waals surface area contributed by atoms with Crippen LogP contribution >= 0.6 is 23.2 Å². The summed E-state index contributed by atoms with van der Waals surface area (Å²) in [6, 6.07) is 8.30. The molecule has 0 aromatic heterocycles. The third kappa shape index (κ3) is 18.4. The standard InChI is InChI=1S/C16H20ClN.C10H14O2.C2H6.CH3Cl/c1-12(18)10-13-4-2-5-14(9-8-13)15-6-3-7-16(17)11-15;1-3-4-5-6-7-10(2)8-12-9-11;2*1-2/h3,5-9,11-13H,2,4,10,18H2,1H3;3-7,9H,8H2,1-2H3;1-2H3;1H3/b;4-3-,6-5-,10-7+;;/t12-,13?;;;/m1.../s1. The van der Waals surface area contributed by atoms with Crippen molar-refractivity contribution < 1.29 is 9.53 Å². The summed E-state index contributed by atoms with van der Waals surface area (Å²) in [5.41, 5.74) is 9.35. The van der Waals surface area contributed by atoms with Crippen LogP contribution in [0.15, 0.2) is 78.4 Å². The van der Waals surface area contributed by atoms with E-state index < -0.39 is 0 Å². The number of halogens is 2. The Balaban J connectivity index is 0. The lowest BCUT2D eigenvalue weighted by atomic mass is 9.96. The van der Waals surface area contributed by atoms with Crippen molar-refractivity contribution in [2.24, 2.45) is 11.7 Å². The topological polar surface area (TPSA) is 52.3 Å². The minimum Gasteiger partial charge on any atom is -0.463 e. The highest BCUT2D eigenvalue weighted by Gasteiger charge is 2.10. The number of allylic oxidation sites excluding steroid dienone is 9. The monoisotopic (exact) mass is 507 g/mol. The van der Waals surface area contributed by atoms with Crippen LogP contribution in [0.2, 0.25) is 5.02 Å². The van der Waals surface area contributed by atoms with Gasteiger partial charge in [-0.15, -0.1) is 11.6 Å². The van der Waals surface area contributed by atoms with Crippen LogP contribution in [-0.2, 0) is 9.53 Å². The lowest BCUT2D eigenvalue weighted by Crippen LogP contribution is -2.18. The van der Waals surface area contributed by atoms with E-state index in [1.807, 2.05) is 76.3 Å². The predicted octanol–water partition coefficient (Wildman–Crippen LogP) is 8.55. The first kappa shape index (κ1) is 34.1. The second-order valence-electron chi connectivity index (χ2n) is 7.41. The Kier molecular flexibility index (Phi) is 24.1. The van der Waals surface area contributed by atoms with Gasteiger partial charge in [-0.25, -0.2) is 0 Å². The summed E-state index contributed by atoms with van der Waals surface area (Å²) >= 11 is 10.7. The Bertz CT molecular complexity index is 793. The van der Waals surface area contributed by atoms with Crippen LogP contribution in [0.4, 0.5) is 0 Å². The van der Waals surface area contributed by atoms with Gasteiger partial charge in [0.15, 0.2) is 0 Å². The molecule has 0 spiro atoms. The minimum absolute atomic E-state index is 0.271. The molecule has 0 heterocycles. The van der Waals surface area contributed by atoms with Gasteiger partial charge in [-0.1, -0.05) is 86.2 Å². The quantitative estimate of drug-likeness (QED) is 0.217. The average Bonchev–Trinajstić information content (AvgIpc) is 3.08. The fourth-order valence-corrected chi connectivity index (χ4v) is 3.21. The molecule has 0 aliphatic heterocycles. The van der Waals surface area contributed by atoms with Crippen molar-refractivity contribution in [3.63, 3.8) is 0 Å². The number of carbonyl (C=O) groups is 1. The van der Waals surface area contributed by atoms with Gasteiger partial charge in [-0.3, -0.25) is 4.79 Å². The number of alkyl halides is 1. The summed E-state index contributed by atoms with van der Waals surface area (Å²) in [6.45, 7) is 10.8. The molecule has 190 valence electrons. The lowest BCUT2D eigenvalue weighted by molar-refractivity contribution is -0.127. The normalized spacial score (nSPS) is 16.1. The zero-order valence-corrected chi connectivity index (χ0v) is 23.2. The van der Waals surface area contributed by atoms with Crippen LogP contribution < -0.4 is 5.73 Å². The Labute approximate surface area is 218 Å². The van der Waals surface area contributed by atoms with Gasteiger partial charge in [0.25, 0.3) is 6.47 Å². The van der Waals surface area contributed by atoms with E-state index in [9.17, 15) is 4.79 Å². The molecule has 0 bridgehead atoms. The van der Waals surface area contributed by atoms with Gasteiger partial charge < -0.3 is 10.5 Å². The Morgan fingerprint density at radius 3 is 2.53 bits per heavy atom. The maximum absolute atomic E-state index is 9.81. The van der Waals surface area contributed by atoms with Crippen molar-refractivity contribution in [2.75, 3.05) is 13.0 Å². The van der Waals surface area contributed by atoms with E-state index in [1.165, 1.54) is 23.9 Å². The summed E-state index contributed by atoms with van der Waals surface area (Å²) in [5.74, 6) is 0.595. The Morgan fingerprint density at radius 1 is 1.24 bits per heavy atom. The molecule has 34 heavy (non-hydrogen) atoms. The Morgan fingerprint density at radius 2 is 1.94 bits per heavy atom. The highest BCUT2D eigenvalue weighted by molar-refractivity contribution is 6.30. The molecular weight excluding hydrogens is 465 g/mol. The molecule has 0 saturated carbocycles. The molecule has 1 aromatic rings. The smallest absolute Gasteiger partial charge is 0.293 e. The molecule has 0 radical (unpaired) electrons. The van der Waals surface area contributed by atoms with Crippen LogP contribution in [0, 0.1) is 5.92 Å². The zero-order chi connectivity index (χ0) is 26.2. The summed E-state index contributed by atoms with van der Waals surface area (Å²) < 4.78 is 4.55. The van der Waals surface area contributed by atoms with Crippen LogP contribution in [0.3, 0.4) is 0 Å². The van der Waals surface area contributed by atoms with E-state index >= 15 is 0 Å². The first-order valence-corrected chi connectivity index (χ1v) is 12.9. The van der Waals surface area contributed by atoms with Crippen LogP contribution in [0.5, 0.6) is 0 Å². The van der Waals surface area contributed by atoms with Crippen molar-refractivity contribution in [1.29, 1.82) is 0 Å². The van der Waals surface area contributed by atoms with E-state index in [-0.39, 0.29) is 6.04 Å². The highest BCUT2D eigenvalue weighted by Crippen LogP contribution is 2.26. The summed E-state index contributed by atoms with van der Waals surface area (Å²) in [4.78, 5) is 9.81. The first-order valence-electron chi connectivity index (χ1n) is 11.7. The van der Waals surface area contributed by atoms with Gasteiger partial charge >= 0.3 is 0 Å². The largest absolute Gasteiger partial charge is 0.463 e. The molecule has 2 rings (SSSR count). The Hall–Kier alpha value is -2.07. The first-order chi connectivity index (χ1) is 16.5. The predicted molar refractivity (Wildman–Crippen MR) is 152 cm³/mol. The second kappa shape index (κ2) is 24.1. The van der Waals surface area contributed by atoms with Crippen LogP contribution in [0.1, 0.15) is 59.4 Å². The molecule has 0 fully saturated rings. The molecule has 2 atom stereocenters. The molecule has 3 nitrogen and oxygen atoms in total. The van der Waals surface area contributed by atoms with Crippen molar-refractivity contribution in [1.82, 2.24) is 0 Å². The van der Waals surface area contributed by atoms with E-state index in [0.717, 1.165) is 23.4 Å². The van der Waals surface area contributed by atoms with E-state index in [0.29, 0.717) is 19.0 Å². The lowest BCUT2D eigenvalue weighted by Gasteiger charge is -2.12. The highest BCUT2D eigenvalue weighted by atomic mass is 35.5. The van der Waals surface area contributed by atoms with Gasteiger partial charge in [0.2, 0.25) is 0 Å². The van der Waals surface area contributed by atoms with E-state index in [4.69, 9.17) is 17.3 Å². The minimum atomic E-state index is 0.271. The molecule has 5 heteroatoms. The van der Waals surface area contributed by atoms with E-state index in [2.05, 4.69) is 47.6 Å². The van der Waals surface area contributed by atoms with Crippen molar-refractivity contribution >= 4 is 35.2 Å². The van der Waals surface area contributed by atoms with Crippen molar-refractivity contribution in [2.45, 2.75) is 59.9 Å². The van der Waals surface area contributed by atoms with Crippen molar-refractivity contribution in [3.05, 3.63) is 89.0 Å². The maximum atomic E-state index is 9.81. The number of hydrogen-bond acceptors (Lipinski definition) is 3. The maximum Gasteiger partial charge on any atom is 0.293 e. The van der Waals surface area contributed by atoms with Gasteiger partial charge in [0.1, 0.15) is 6.61 Å². The SMILES string of the molecule is CC.CCl.C[C@@H](N)CC1C=CC(c2cccc(Cl)c2)=CCC1.C\C=C/C=C\C=C(/C)COC=O. The molecular formula is C29H43Cl2NO2. The third-order valence-corrected chi connectivity index (χ3v) is 4.69. The molecule has 1 aliphatic carbocycles. The molecule has 0 amide bonds. The third-order valence-electron chi connectivity index (χ3n) is 4.46. The molecule has 1 aromatic carbocycles. The van der Waals surface area contributed by atoms with Gasteiger partial charge in [0, 0.05) is 17.4 Å². The van der Waals surface area contributed by atoms with Gasteiger partial charge in [-0.2, -0.15) is 0 Å². The zero-order valence-electron chi connectivity index (χ0n) is 21.6. The fraction of sp³-hybridized carbons (Fsp3) is 0.414. The molecule has 1 unspecified atom stereocenters.